The molecule has 0 aromatic rings. The number of rotatable bonds is 5. The highest BCUT2D eigenvalue weighted by Crippen LogP contribution is 2.18. The van der Waals surface area contributed by atoms with Crippen molar-refractivity contribution < 1.29 is 0 Å². The van der Waals surface area contributed by atoms with Crippen molar-refractivity contribution in [2.45, 2.75) is 54.4 Å². The third-order valence-electron chi connectivity index (χ3n) is 2.28. The molecule has 1 atom stereocenters. The summed E-state index contributed by atoms with van der Waals surface area (Å²) in [6, 6.07) is 0. The summed E-state index contributed by atoms with van der Waals surface area (Å²) in [6.07, 6.45) is 7.90. The molecule has 0 saturated heterocycles. The Labute approximate surface area is 110 Å². The van der Waals surface area contributed by atoms with E-state index >= 15 is 0 Å². The number of hydrogen-bond acceptors (Lipinski definition) is 0. The summed E-state index contributed by atoms with van der Waals surface area (Å²) in [4.78, 5) is 0. The summed E-state index contributed by atoms with van der Waals surface area (Å²) in [5.41, 5.74) is 2.59. The van der Waals surface area contributed by atoms with Gasteiger partial charge in [-0.1, -0.05) is 71.1 Å². The topological polar surface area (TPSA) is 0 Å². The fraction of sp³-hybridized carbons (Fsp3) is 0.529. The highest BCUT2D eigenvalue weighted by atomic mass is 14.1. The van der Waals surface area contributed by atoms with Gasteiger partial charge in [0.25, 0.3) is 0 Å². The van der Waals surface area contributed by atoms with Gasteiger partial charge in [-0.05, 0) is 31.8 Å². The largest absolute Gasteiger partial charge is 0.103 e. The monoisotopic (exact) mass is 236 g/mol. The van der Waals surface area contributed by atoms with Crippen molar-refractivity contribution >= 4 is 0 Å². The Morgan fingerprint density at radius 2 is 1.47 bits per heavy atom. The first-order valence-electron chi connectivity index (χ1n) is 6.58. The number of allylic oxidation sites excluding steroid dienone is 5. The van der Waals surface area contributed by atoms with Gasteiger partial charge in [0.05, 0.1) is 0 Å². The Bertz CT molecular complexity index is 208. The van der Waals surface area contributed by atoms with Gasteiger partial charge in [-0.15, -0.1) is 6.58 Å². The molecule has 0 saturated carbocycles. The quantitative estimate of drug-likeness (QED) is 0.386. The van der Waals surface area contributed by atoms with Crippen LogP contribution in [0.4, 0.5) is 0 Å². The molecule has 0 heteroatoms. The molecule has 17 heavy (non-hydrogen) atoms. The Morgan fingerprint density at radius 1 is 1.12 bits per heavy atom. The Balaban J connectivity index is -0.000000337. The Kier molecular flexibility index (Phi) is 21.7. The lowest BCUT2D eigenvalue weighted by atomic mass is 9.96. The summed E-state index contributed by atoms with van der Waals surface area (Å²) in [7, 11) is 0. The zero-order valence-electron chi connectivity index (χ0n) is 12.8. The molecule has 0 rings (SSSR count). The summed E-state index contributed by atoms with van der Waals surface area (Å²) in [6.45, 7) is 23.4. The van der Waals surface area contributed by atoms with Crippen molar-refractivity contribution in [1.29, 1.82) is 0 Å². The van der Waals surface area contributed by atoms with Gasteiger partial charge in [-0.2, -0.15) is 0 Å². The molecule has 0 nitrogen and oxygen atoms in total. The zero-order valence-corrected chi connectivity index (χ0v) is 12.8. The summed E-state index contributed by atoms with van der Waals surface area (Å²) >= 11 is 0. The number of hydrogen-bond donors (Lipinski definition) is 0. The first-order valence-corrected chi connectivity index (χ1v) is 6.58. The molecule has 0 radical (unpaired) electrons. The van der Waals surface area contributed by atoms with E-state index in [-0.39, 0.29) is 0 Å². The first-order chi connectivity index (χ1) is 8.06. The second-order valence-corrected chi connectivity index (χ2v) is 3.77. The van der Waals surface area contributed by atoms with Crippen LogP contribution < -0.4 is 0 Å². The third-order valence-corrected chi connectivity index (χ3v) is 2.28. The van der Waals surface area contributed by atoms with Crippen molar-refractivity contribution in [2.75, 3.05) is 0 Å². The van der Waals surface area contributed by atoms with Crippen LogP contribution in [0.1, 0.15) is 54.4 Å². The molecule has 0 aliphatic heterocycles. The molecule has 0 aromatic carbocycles. The molecule has 0 aromatic heterocycles. The zero-order chi connectivity index (χ0) is 14.3. The maximum absolute atomic E-state index is 3.76. The van der Waals surface area contributed by atoms with E-state index in [2.05, 4.69) is 40.5 Å². The predicted molar refractivity (Wildman–Crippen MR) is 84.4 cm³/mol. The van der Waals surface area contributed by atoms with Crippen LogP contribution in [0, 0.1) is 5.92 Å². The van der Waals surface area contributed by atoms with Gasteiger partial charge in [-0.3, -0.25) is 0 Å². The molecule has 0 bridgehead atoms. The Hall–Kier alpha value is -1.04. The van der Waals surface area contributed by atoms with Crippen molar-refractivity contribution in [3.63, 3.8) is 0 Å². The van der Waals surface area contributed by atoms with Crippen LogP contribution in [0.2, 0.25) is 0 Å². The summed E-state index contributed by atoms with van der Waals surface area (Å²) in [5.74, 6) is 0.764. The molecular formula is C17H32. The van der Waals surface area contributed by atoms with E-state index < -0.39 is 0 Å². The average Bonchev–Trinajstić information content (AvgIpc) is 2.34. The SMILES string of the molecule is C=CC.C=CC(C=C)=C(C)CC(C)CC.CC. The highest BCUT2D eigenvalue weighted by molar-refractivity contribution is 5.32. The molecular weight excluding hydrogens is 204 g/mol. The lowest BCUT2D eigenvalue weighted by Gasteiger charge is -2.10. The van der Waals surface area contributed by atoms with Gasteiger partial charge >= 0.3 is 0 Å². The van der Waals surface area contributed by atoms with Gasteiger partial charge < -0.3 is 0 Å². The maximum atomic E-state index is 3.76. The minimum Gasteiger partial charge on any atom is -0.103 e. The smallest absolute Gasteiger partial charge is 0.0279 e. The average molecular weight is 236 g/mol. The molecule has 100 valence electrons. The third kappa shape index (κ3) is 15.0. The van der Waals surface area contributed by atoms with Crippen molar-refractivity contribution in [1.82, 2.24) is 0 Å². The second kappa shape index (κ2) is 17.4. The van der Waals surface area contributed by atoms with Crippen LogP contribution >= 0.6 is 0 Å². The molecule has 0 heterocycles. The minimum absolute atomic E-state index is 0.764. The van der Waals surface area contributed by atoms with E-state index in [0.29, 0.717) is 0 Å². The maximum Gasteiger partial charge on any atom is -0.0279 e. The molecule has 0 aliphatic carbocycles. The Morgan fingerprint density at radius 3 is 1.71 bits per heavy atom. The van der Waals surface area contributed by atoms with Gasteiger partial charge in [0, 0.05) is 0 Å². The van der Waals surface area contributed by atoms with Gasteiger partial charge in [0.15, 0.2) is 0 Å². The molecule has 0 fully saturated rings. The van der Waals surface area contributed by atoms with Crippen molar-refractivity contribution in [3.05, 3.63) is 49.1 Å². The van der Waals surface area contributed by atoms with Gasteiger partial charge in [0.1, 0.15) is 0 Å². The molecule has 0 aliphatic rings. The predicted octanol–water partition coefficient (Wildman–Crippen LogP) is 6.33. The van der Waals surface area contributed by atoms with Crippen LogP contribution in [0.5, 0.6) is 0 Å². The molecule has 0 spiro atoms. The summed E-state index contributed by atoms with van der Waals surface area (Å²) < 4.78 is 0. The lowest BCUT2D eigenvalue weighted by molar-refractivity contribution is 0.556. The standard InChI is InChI=1S/C12H20.C3H6.C2H6/c1-6-10(4)9-11(5)12(7-2)8-3;1-3-2;1-2/h7-8,10H,2-3,6,9H2,1,4-5H3;3H,1H2,2H3;1-2H3. The summed E-state index contributed by atoms with van der Waals surface area (Å²) in [5, 5.41) is 0. The van der Waals surface area contributed by atoms with Crippen LogP contribution in [0.3, 0.4) is 0 Å². The van der Waals surface area contributed by atoms with Crippen LogP contribution in [-0.4, -0.2) is 0 Å². The van der Waals surface area contributed by atoms with Crippen LogP contribution in [0.25, 0.3) is 0 Å². The van der Waals surface area contributed by atoms with E-state index in [1.807, 2.05) is 32.9 Å². The van der Waals surface area contributed by atoms with E-state index in [9.17, 15) is 0 Å². The first kappa shape index (κ1) is 21.3. The fourth-order valence-corrected chi connectivity index (χ4v) is 1.22. The minimum atomic E-state index is 0.764. The van der Waals surface area contributed by atoms with E-state index in [1.54, 1.807) is 6.08 Å². The van der Waals surface area contributed by atoms with Gasteiger partial charge in [0.2, 0.25) is 0 Å². The van der Waals surface area contributed by atoms with Crippen LogP contribution in [-0.2, 0) is 0 Å². The van der Waals surface area contributed by atoms with E-state index in [1.165, 1.54) is 17.6 Å². The highest BCUT2D eigenvalue weighted by Gasteiger charge is 2.01. The fourth-order valence-electron chi connectivity index (χ4n) is 1.22. The second-order valence-electron chi connectivity index (χ2n) is 3.77. The van der Waals surface area contributed by atoms with E-state index in [0.717, 1.165) is 12.3 Å². The molecule has 0 N–H and O–H groups in total. The van der Waals surface area contributed by atoms with E-state index in [4.69, 9.17) is 0 Å². The van der Waals surface area contributed by atoms with Crippen molar-refractivity contribution in [3.8, 4) is 0 Å². The molecule has 0 amide bonds. The molecule has 1 unspecified atom stereocenters. The lowest BCUT2D eigenvalue weighted by Crippen LogP contribution is -1.94. The van der Waals surface area contributed by atoms with Crippen molar-refractivity contribution in [2.24, 2.45) is 5.92 Å². The normalized spacial score (nSPS) is 9.53. The van der Waals surface area contributed by atoms with Gasteiger partial charge in [-0.25, -0.2) is 0 Å². The van der Waals surface area contributed by atoms with Crippen LogP contribution in [0.15, 0.2) is 49.1 Å².